The van der Waals surface area contributed by atoms with Gasteiger partial charge in [-0.1, -0.05) is 26.7 Å². The van der Waals surface area contributed by atoms with Gasteiger partial charge >= 0.3 is 11.9 Å². The molecule has 1 rings (SSSR count). The number of amides is 1. The van der Waals surface area contributed by atoms with Gasteiger partial charge < -0.3 is 20.9 Å². The van der Waals surface area contributed by atoms with E-state index in [4.69, 9.17) is 15.6 Å². The third kappa shape index (κ3) is 5.49. The molecule has 7 nitrogen and oxygen atoms in total. The second-order valence-electron chi connectivity index (χ2n) is 6.36. The Bertz CT molecular complexity index is 438. The number of carbonyl (C=O) groups is 3. The molecule has 0 aromatic carbocycles. The molecule has 1 amide bonds. The molecule has 23 heavy (non-hydrogen) atoms. The van der Waals surface area contributed by atoms with Crippen molar-refractivity contribution < 1.29 is 24.2 Å². The number of carbonyl (C=O) groups excluding carboxylic acids is 2. The Morgan fingerprint density at radius 3 is 2.48 bits per heavy atom. The average Bonchev–Trinajstić information content (AvgIpc) is 2.47. The molecule has 0 aromatic heterocycles. The van der Waals surface area contributed by atoms with Crippen molar-refractivity contribution in [1.82, 2.24) is 5.32 Å². The van der Waals surface area contributed by atoms with E-state index in [2.05, 4.69) is 5.32 Å². The molecular weight excluding hydrogens is 300 g/mol. The number of nitrogens with one attached hydrogen (secondary N) is 1. The molecule has 1 fully saturated rings. The minimum atomic E-state index is -1.06. The molecule has 0 spiro atoms. The molecule has 1 aliphatic heterocycles. The summed E-state index contributed by atoms with van der Waals surface area (Å²) in [5.41, 5.74) is 5.42. The van der Waals surface area contributed by atoms with Gasteiger partial charge in [-0.15, -0.1) is 0 Å². The van der Waals surface area contributed by atoms with Crippen molar-refractivity contribution >= 4 is 17.8 Å². The highest BCUT2D eigenvalue weighted by Gasteiger charge is 2.44. The number of unbranched alkanes of at least 4 members (excludes halogenated alkanes) is 1. The van der Waals surface area contributed by atoms with Crippen molar-refractivity contribution in [3.63, 3.8) is 0 Å². The van der Waals surface area contributed by atoms with Gasteiger partial charge in [-0.3, -0.25) is 9.59 Å². The zero-order valence-corrected chi connectivity index (χ0v) is 14.1. The first kappa shape index (κ1) is 19.4. The molecule has 1 heterocycles. The lowest BCUT2D eigenvalue weighted by Gasteiger charge is -2.38. The molecule has 0 bridgehead atoms. The van der Waals surface area contributed by atoms with E-state index in [1.54, 1.807) is 0 Å². The van der Waals surface area contributed by atoms with Crippen LogP contribution in [0, 0.1) is 11.8 Å². The number of esters is 1. The highest BCUT2D eigenvalue weighted by atomic mass is 16.6. The summed E-state index contributed by atoms with van der Waals surface area (Å²) in [5, 5.41) is 11.6. The maximum atomic E-state index is 11.5. The zero-order valence-electron chi connectivity index (χ0n) is 14.1. The van der Waals surface area contributed by atoms with Crippen molar-refractivity contribution in [1.29, 1.82) is 0 Å². The SMILES string of the molecule is CCC(C)[C@@H]1C(=O)O[C@H]1CCCC[C@H](NC(=O)[C@H](C)N)C(=O)O. The number of hydrogen-bond acceptors (Lipinski definition) is 5. The quantitative estimate of drug-likeness (QED) is 0.407. The number of carboxylic acids is 1. The number of rotatable bonds is 10. The molecule has 0 radical (unpaired) electrons. The molecule has 7 heteroatoms. The van der Waals surface area contributed by atoms with Gasteiger partial charge in [0.15, 0.2) is 0 Å². The van der Waals surface area contributed by atoms with Gasteiger partial charge in [-0.25, -0.2) is 4.79 Å². The number of nitrogens with two attached hydrogens (primary N) is 1. The summed E-state index contributed by atoms with van der Waals surface area (Å²) < 4.78 is 5.18. The fraction of sp³-hybridized carbons (Fsp3) is 0.812. The number of ether oxygens (including phenoxy) is 1. The molecule has 4 N–H and O–H groups in total. The van der Waals surface area contributed by atoms with Gasteiger partial charge in [0, 0.05) is 0 Å². The Kier molecular flexibility index (Phi) is 7.48. The smallest absolute Gasteiger partial charge is 0.326 e. The highest BCUT2D eigenvalue weighted by Crippen LogP contribution is 2.34. The van der Waals surface area contributed by atoms with Gasteiger partial charge in [-0.05, 0) is 32.1 Å². The molecule has 0 aliphatic carbocycles. The van der Waals surface area contributed by atoms with Crippen LogP contribution in [0.25, 0.3) is 0 Å². The van der Waals surface area contributed by atoms with Crippen LogP contribution in [0.15, 0.2) is 0 Å². The second kappa shape index (κ2) is 8.86. The van der Waals surface area contributed by atoms with Crippen LogP contribution >= 0.6 is 0 Å². The van der Waals surface area contributed by atoms with E-state index in [9.17, 15) is 14.4 Å². The first-order valence-corrected chi connectivity index (χ1v) is 8.27. The van der Waals surface area contributed by atoms with E-state index < -0.39 is 24.0 Å². The van der Waals surface area contributed by atoms with E-state index in [1.165, 1.54) is 6.92 Å². The Morgan fingerprint density at radius 2 is 2.00 bits per heavy atom. The normalized spacial score (nSPS) is 24.1. The minimum Gasteiger partial charge on any atom is -0.480 e. The number of aliphatic carboxylic acids is 1. The highest BCUT2D eigenvalue weighted by molar-refractivity contribution is 5.86. The second-order valence-corrected chi connectivity index (χ2v) is 6.36. The first-order valence-electron chi connectivity index (χ1n) is 8.27. The Labute approximate surface area is 136 Å². The van der Waals surface area contributed by atoms with Crippen LogP contribution < -0.4 is 11.1 Å². The van der Waals surface area contributed by atoms with Crippen molar-refractivity contribution in [2.75, 3.05) is 0 Å². The lowest BCUT2D eigenvalue weighted by molar-refractivity contribution is -0.190. The van der Waals surface area contributed by atoms with Crippen LogP contribution in [0.3, 0.4) is 0 Å². The van der Waals surface area contributed by atoms with E-state index >= 15 is 0 Å². The van der Waals surface area contributed by atoms with Gasteiger partial charge in [0.1, 0.15) is 12.1 Å². The van der Waals surface area contributed by atoms with E-state index in [-0.39, 0.29) is 18.0 Å². The van der Waals surface area contributed by atoms with Crippen LogP contribution in [0.4, 0.5) is 0 Å². The van der Waals surface area contributed by atoms with E-state index in [0.717, 1.165) is 19.3 Å². The third-order valence-electron chi connectivity index (χ3n) is 4.46. The number of cyclic esters (lactones) is 1. The maximum Gasteiger partial charge on any atom is 0.326 e. The summed E-state index contributed by atoms with van der Waals surface area (Å²) in [4.78, 5) is 34.1. The predicted molar refractivity (Wildman–Crippen MR) is 84.5 cm³/mol. The summed E-state index contributed by atoms with van der Waals surface area (Å²) in [7, 11) is 0. The van der Waals surface area contributed by atoms with Crippen LogP contribution in [0.5, 0.6) is 0 Å². The van der Waals surface area contributed by atoms with Crippen LogP contribution in [-0.4, -0.2) is 41.1 Å². The monoisotopic (exact) mass is 328 g/mol. The summed E-state index contributed by atoms with van der Waals surface area (Å²) in [6.07, 6.45) is 3.33. The van der Waals surface area contributed by atoms with E-state index in [1.807, 2.05) is 13.8 Å². The summed E-state index contributed by atoms with van der Waals surface area (Å²) in [5.74, 6) is -1.39. The molecule has 132 valence electrons. The van der Waals surface area contributed by atoms with Gasteiger partial charge in [-0.2, -0.15) is 0 Å². The molecule has 0 aromatic rings. The minimum absolute atomic E-state index is 0.0342. The topological polar surface area (TPSA) is 119 Å². The largest absolute Gasteiger partial charge is 0.480 e. The number of carboxylic acid groups (broad SMARTS) is 1. The Balaban J connectivity index is 2.33. The Morgan fingerprint density at radius 1 is 1.35 bits per heavy atom. The standard InChI is InChI=1S/C16H28N2O5/c1-4-9(2)13-12(23-16(13)22)8-6-5-7-11(15(20)21)18-14(19)10(3)17/h9-13H,4-8,17H2,1-3H3,(H,18,19)(H,20,21)/t9?,10-,11-,12-,13-/m0/s1. The Hall–Kier alpha value is -1.63. The summed E-state index contributed by atoms with van der Waals surface area (Å²) >= 11 is 0. The number of hydrogen-bond donors (Lipinski definition) is 3. The fourth-order valence-electron chi connectivity index (χ4n) is 2.73. The lowest BCUT2D eigenvalue weighted by atomic mass is 9.81. The lowest BCUT2D eigenvalue weighted by Crippen LogP contribution is -2.48. The van der Waals surface area contributed by atoms with Gasteiger partial charge in [0.05, 0.1) is 12.0 Å². The van der Waals surface area contributed by atoms with Gasteiger partial charge in [0.2, 0.25) is 5.91 Å². The molecule has 5 atom stereocenters. The van der Waals surface area contributed by atoms with Crippen LogP contribution in [0.2, 0.25) is 0 Å². The maximum absolute atomic E-state index is 11.5. The van der Waals surface area contributed by atoms with Crippen LogP contribution in [0.1, 0.15) is 52.9 Å². The van der Waals surface area contributed by atoms with Crippen molar-refractivity contribution in [3.8, 4) is 0 Å². The molecule has 1 aliphatic rings. The molecule has 1 saturated heterocycles. The fourth-order valence-corrected chi connectivity index (χ4v) is 2.73. The van der Waals surface area contributed by atoms with Crippen LogP contribution in [-0.2, 0) is 19.1 Å². The first-order chi connectivity index (χ1) is 10.8. The molecular formula is C16H28N2O5. The zero-order chi connectivity index (χ0) is 17.6. The van der Waals surface area contributed by atoms with Crippen molar-refractivity contribution in [2.24, 2.45) is 17.6 Å². The summed E-state index contributed by atoms with van der Waals surface area (Å²) in [6.45, 7) is 5.60. The van der Waals surface area contributed by atoms with Gasteiger partial charge in [0.25, 0.3) is 0 Å². The van der Waals surface area contributed by atoms with Crippen molar-refractivity contribution in [3.05, 3.63) is 0 Å². The molecule has 1 unspecified atom stereocenters. The third-order valence-corrected chi connectivity index (χ3v) is 4.46. The predicted octanol–water partition coefficient (Wildman–Crippen LogP) is 1.05. The average molecular weight is 328 g/mol. The van der Waals surface area contributed by atoms with Crippen molar-refractivity contribution in [2.45, 2.75) is 71.1 Å². The summed E-state index contributed by atoms with van der Waals surface area (Å²) in [6, 6.07) is -1.66. The molecule has 0 saturated carbocycles. The van der Waals surface area contributed by atoms with E-state index in [0.29, 0.717) is 18.8 Å².